The van der Waals surface area contributed by atoms with Crippen molar-refractivity contribution < 1.29 is 9.53 Å². The van der Waals surface area contributed by atoms with E-state index in [-0.39, 0.29) is 24.6 Å². The lowest BCUT2D eigenvalue weighted by molar-refractivity contribution is -0.119. The average molecular weight is 541 g/mol. The molecule has 2 N–H and O–H groups in total. The van der Waals surface area contributed by atoms with Crippen LogP contribution in [0, 0.1) is 20.8 Å². The smallest absolute Gasteiger partial charge is 0.250 e. The summed E-state index contributed by atoms with van der Waals surface area (Å²) in [6, 6.07) is 18.0. The van der Waals surface area contributed by atoms with Gasteiger partial charge in [0.15, 0.2) is 5.11 Å². The quantitative estimate of drug-likeness (QED) is 0.304. The van der Waals surface area contributed by atoms with Crippen molar-refractivity contribution in [3.05, 3.63) is 107 Å². The molecule has 2 atom stereocenters. The molecule has 39 heavy (non-hydrogen) atoms. The number of hydrogen-bond donors (Lipinski definition) is 2. The second-order valence-corrected chi connectivity index (χ2v) is 10.1. The molecule has 1 saturated heterocycles. The number of hydrogen-bond acceptors (Lipinski definition) is 5. The Morgan fingerprint density at radius 2 is 1.87 bits per heavy atom. The van der Waals surface area contributed by atoms with E-state index in [1.807, 2.05) is 68.0 Å². The molecule has 3 aromatic heterocycles. The van der Waals surface area contributed by atoms with Crippen molar-refractivity contribution in [2.45, 2.75) is 39.4 Å². The van der Waals surface area contributed by atoms with E-state index in [2.05, 4.69) is 56.0 Å². The van der Waals surface area contributed by atoms with Gasteiger partial charge >= 0.3 is 0 Å². The van der Waals surface area contributed by atoms with E-state index >= 15 is 0 Å². The molecule has 1 aliphatic heterocycles. The van der Waals surface area contributed by atoms with Crippen LogP contribution in [-0.2, 0) is 16.1 Å². The fourth-order valence-electron chi connectivity index (χ4n) is 5.25. The normalized spacial score (nSPS) is 16.8. The minimum Gasteiger partial charge on any atom is -0.375 e. The Morgan fingerprint density at radius 1 is 1.08 bits per heavy atom. The van der Waals surface area contributed by atoms with Crippen molar-refractivity contribution in [3.8, 4) is 0 Å². The van der Waals surface area contributed by atoms with E-state index in [0.29, 0.717) is 5.11 Å². The predicted octanol–water partition coefficient (Wildman–Crippen LogP) is 5.01. The molecule has 4 aromatic rings. The summed E-state index contributed by atoms with van der Waals surface area (Å²) in [4.78, 5) is 23.1. The molecule has 1 amide bonds. The molecule has 1 fully saturated rings. The highest BCUT2D eigenvalue weighted by Gasteiger charge is 2.42. The number of anilines is 2. The van der Waals surface area contributed by atoms with Gasteiger partial charge in [0, 0.05) is 55.0 Å². The van der Waals surface area contributed by atoms with Crippen molar-refractivity contribution >= 4 is 34.6 Å². The van der Waals surface area contributed by atoms with Crippen molar-refractivity contribution in [1.29, 1.82) is 0 Å². The Hall–Kier alpha value is -4.08. The third-order valence-electron chi connectivity index (χ3n) is 7.16. The Balaban J connectivity index is 1.56. The summed E-state index contributed by atoms with van der Waals surface area (Å²) in [7, 11) is 1.50. The fraction of sp³-hybridized carbons (Fsp3) is 0.267. The van der Waals surface area contributed by atoms with E-state index < -0.39 is 0 Å². The van der Waals surface area contributed by atoms with Gasteiger partial charge in [0.25, 0.3) is 0 Å². The number of rotatable bonds is 8. The van der Waals surface area contributed by atoms with Crippen LogP contribution in [0.5, 0.6) is 0 Å². The SMILES string of the molecule is COCC(=O)Nc1ccc(N2C(=S)N[C@@H](c3ccccn3)[C@@H]2c2cc(C)n(Cc3ccncc3)c2C)cc1C. The second-order valence-electron chi connectivity index (χ2n) is 9.75. The van der Waals surface area contributed by atoms with E-state index in [0.717, 1.165) is 29.2 Å². The molecule has 1 aliphatic rings. The molecule has 0 bridgehead atoms. The number of thiocarbonyl (C=S) groups is 1. The molecule has 0 saturated carbocycles. The van der Waals surface area contributed by atoms with Crippen molar-refractivity contribution in [3.63, 3.8) is 0 Å². The summed E-state index contributed by atoms with van der Waals surface area (Å²) >= 11 is 5.93. The lowest BCUT2D eigenvalue weighted by Gasteiger charge is -2.29. The zero-order valence-electron chi connectivity index (χ0n) is 22.5. The van der Waals surface area contributed by atoms with Gasteiger partial charge in [-0.1, -0.05) is 6.07 Å². The summed E-state index contributed by atoms with van der Waals surface area (Å²) in [6.07, 6.45) is 5.46. The molecule has 0 unspecified atom stereocenters. The average Bonchev–Trinajstić information content (AvgIpc) is 3.42. The molecule has 200 valence electrons. The van der Waals surface area contributed by atoms with Gasteiger partial charge in [-0.05, 0) is 98.2 Å². The largest absolute Gasteiger partial charge is 0.375 e. The summed E-state index contributed by atoms with van der Waals surface area (Å²) in [5, 5.41) is 7.09. The number of aryl methyl sites for hydroxylation is 2. The van der Waals surface area contributed by atoms with Crippen LogP contribution in [0.15, 0.2) is 73.2 Å². The molecule has 9 heteroatoms. The van der Waals surface area contributed by atoms with Gasteiger partial charge < -0.3 is 24.8 Å². The van der Waals surface area contributed by atoms with Crippen molar-refractivity contribution in [1.82, 2.24) is 19.9 Å². The zero-order valence-corrected chi connectivity index (χ0v) is 23.3. The first-order chi connectivity index (χ1) is 18.9. The summed E-state index contributed by atoms with van der Waals surface area (Å²) < 4.78 is 7.29. The maximum atomic E-state index is 12.1. The number of ether oxygens (including phenoxy) is 1. The van der Waals surface area contributed by atoms with Gasteiger partial charge in [-0.15, -0.1) is 0 Å². The van der Waals surface area contributed by atoms with E-state index in [1.165, 1.54) is 29.6 Å². The van der Waals surface area contributed by atoms with E-state index in [9.17, 15) is 4.79 Å². The molecular formula is C30H32N6O2S. The minimum absolute atomic E-state index is 0.00423. The van der Waals surface area contributed by atoms with Gasteiger partial charge in [0.1, 0.15) is 6.61 Å². The van der Waals surface area contributed by atoms with E-state index in [1.54, 1.807) is 0 Å². The number of benzene rings is 1. The maximum Gasteiger partial charge on any atom is 0.250 e. The molecule has 4 heterocycles. The van der Waals surface area contributed by atoms with Crippen LogP contribution >= 0.6 is 12.2 Å². The third kappa shape index (κ3) is 5.41. The molecular weight excluding hydrogens is 508 g/mol. The molecule has 8 nitrogen and oxygen atoms in total. The van der Waals surface area contributed by atoms with Crippen molar-refractivity contribution in [2.75, 3.05) is 23.9 Å². The number of carbonyl (C=O) groups is 1. The predicted molar refractivity (Wildman–Crippen MR) is 157 cm³/mol. The lowest BCUT2D eigenvalue weighted by atomic mass is 9.96. The number of nitrogens with zero attached hydrogens (tertiary/aromatic N) is 4. The second kappa shape index (κ2) is 11.3. The van der Waals surface area contributed by atoms with Crippen LogP contribution in [-0.4, -0.2) is 39.3 Å². The van der Waals surface area contributed by atoms with Crippen LogP contribution < -0.4 is 15.5 Å². The van der Waals surface area contributed by atoms with Crippen LogP contribution in [0.1, 0.15) is 45.9 Å². The fourth-order valence-corrected chi connectivity index (χ4v) is 5.59. The number of pyridine rings is 2. The number of methoxy groups -OCH3 is 1. The summed E-state index contributed by atoms with van der Waals surface area (Å²) in [6.45, 7) is 7.04. The van der Waals surface area contributed by atoms with Gasteiger partial charge in [-0.2, -0.15) is 0 Å². The number of nitrogens with one attached hydrogen (secondary N) is 2. The van der Waals surface area contributed by atoms with Gasteiger partial charge in [0.05, 0.1) is 17.8 Å². The Bertz CT molecular complexity index is 1490. The highest BCUT2D eigenvalue weighted by molar-refractivity contribution is 7.80. The Morgan fingerprint density at radius 3 is 2.56 bits per heavy atom. The highest BCUT2D eigenvalue weighted by Crippen LogP contribution is 2.44. The highest BCUT2D eigenvalue weighted by atomic mass is 32.1. The van der Waals surface area contributed by atoms with Gasteiger partial charge in [-0.25, -0.2) is 0 Å². The van der Waals surface area contributed by atoms with Gasteiger partial charge in [-0.3, -0.25) is 14.8 Å². The summed E-state index contributed by atoms with van der Waals surface area (Å²) in [5.74, 6) is -0.193. The monoisotopic (exact) mass is 540 g/mol. The van der Waals surface area contributed by atoms with Crippen LogP contribution in [0.2, 0.25) is 0 Å². The third-order valence-corrected chi connectivity index (χ3v) is 7.47. The molecule has 0 radical (unpaired) electrons. The molecule has 5 rings (SSSR count). The summed E-state index contributed by atoms with van der Waals surface area (Å²) in [5.41, 5.74) is 8.26. The minimum atomic E-state index is -0.193. The molecule has 0 aliphatic carbocycles. The molecule has 0 spiro atoms. The first-order valence-corrected chi connectivity index (χ1v) is 13.2. The number of aromatic nitrogens is 3. The number of carbonyl (C=O) groups excluding carboxylic acids is 1. The van der Waals surface area contributed by atoms with Crippen molar-refractivity contribution in [2.24, 2.45) is 0 Å². The lowest BCUT2D eigenvalue weighted by Crippen LogP contribution is -2.29. The maximum absolute atomic E-state index is 12.1. The van der Waals surface area contributed by atoms with E-state index in [4.69, 9.17) is 17.0 Å². The first-order valence-electron chi connectivity index (χ1n) is 12.8. The van der Waals surface area contributed by atoms with Crippen LogP contribution in [0.3, 0.4) is 0 Å². The molecule has 1 aromatic carbocycles. The van der Waals surface area contributed by atoms with Crippen LogP contribution in [0.25, 0.3) is 0 Å². The first kappa shape index (κ1) is 26.5. The topological polar surface area (TPSA) is 84.3 Å². The Labute approximate surface area is 234 Å². The van der Waals surface area contributed by atoms with Crippen LogP contribution in [0.4, 0.5) is 11.4 Å². The number of amides is 1. The standard InChI is InChI=1S/C30H32N6O2S/c1-19-15-23(8-9-25(19)33-27(37)18-38-4)36-29(28(34-30(36)39)26-7-5-6-12-32-26)24-16-20(2)35(21(24)3)17-22-10-13-31-14-11-22/h5-16,28-29H,17-18H2,1-4H3,(H,33,37)(H,34,39)/t28-,29-/m0/s1. The zero-order chi connectivity index (χ0) is 27.5. The van der Waals surface area contributed by atoms with Gasteiger partial charge in [0.2, 0.25) is 5.91 Å². The Kier molecular flexibility index (Phi) is 7.72.